The van der Waals surface area contributed by atoms with Crippen LogP contribution in [0.15, 0.2) is 42.9 Å². The van der Waals surface area contributed by atoms with Crippen LogP contribution in [0, 0.1) is 0 Å². The highest BCUT2D eigenvalue weighted by Gasteiger charge is 2.05. The van der Waals surface area contributed by atoms with Gasteiger partial charge in [0, 0.05) is 25.1 Å². The number of pyridine rings is 2. The minimum absolute atomic E-state index is 0.110. The highest BCUT2D eigenvalue weighted by atomic mass is 16.5. The van der Waals surface area contributed by atoms with E-state index in [4.69, 9.17) is 4.74 Å². The first-order chi connectivity index (χ1) is 8.75. The van der Waals surface area contributed by atoms with Gasteiger partial charge in [0.25, 0.3) is 0 Å². The molecule has 94 valence electrons. The Morgan fingerprint density at radius 3 is 2.78 bits per heavy atom. The van der Waals surface area contributed by atoms with Gasteiger partial charge in [-0.3, -0.25) is 4.98 Å². The van der Waals surface area contributed by atoms with Crippen LogP contribution < -0.4 is 10.1 Å². The van der Waals surface area contributed by atoms with E-state index in [2.05, 4.69) is 15.3 Å². The minimum atomic E-state index is 0.110. The van der Waals surface area contributed by atoms with Crippen LogP contribution in [-0.2, 0) is 6.54 Å². The van der Waals surface area contributed by atoms with Crippen molar-refractivity contribution in [2.75, 3.05) is 5.32 Å². The molecular weight excluding hydrogens is 226 g/mol. The molecular formula is C14H17N3O. The standard InChI is InChI=1S/C14H17N3O/c1-11(2)18-14-13(6-4-8-16-14)17-10-12-5-3-7-15-9-12/h3-9,11,17H,10H2,1-2H3. The summed E-state index contributed by atoms with van der Waals surface area (Å²) in [6.45, 7) is 4.67. The average molecular weight is 243 g/mol. The van der Waals surface area contributed by atoms with Crippen LogP contribution in [0.1, 0.15) is 19.4 Å². The number of nitrogens with zero attached hydrogens (tertiary/aromatic N) is 2. The second-order valence-electron chi connectivity index (χ2n) is 4.24. The summed E-state index contributed by atoms with van der Waals surface area (Å²) >= 11 is 0. The molecule has 0 unspecified atom stereocenters. The van der Waals surface area contributed by atoms with E-state index in [1.807, 2.05) is 44.3 Å². The van der Waals surface area contributed by atoms with E-state index in [0.717, 1.165) is 11.3 Å². The van der Waals surface area contributed by atoms with Crippen LogP contribution in [-0.4, -0.2) is 16.1 Å². The average Bonchev–Trinajstić information content (AvgIpc) is 2.38. The van der Waals surface area contributed by atoms with Crippen molar-refractivity contribution in [3.63, 3.8) is 0 Å². The van der Waals surface area contributed by atoms with Gasteiger partial charge in [-0.15, -0.1) is 0 Å². The summed E-state index contributed by atoms with van der Waals surface area (Å²) < 4.78 is 5.64. The van der Waals surface area contributed by atoms with Crippen molar-refractivity contribution >= 4 is 5.69 Å². The molecule has 0 aliphatic heterocycles. The van der Waals surface area contributed by atoms with Gasteiger partial charge in [-0.05, 0) is 37.6 Å². The first-order valence-electron chi connectivity index (χ1n) is 6.00. The monoisotopic (exact) mass is 243 g/mol. The van der Waals surface area contributed by atoms with E-state index in [9.17, 15) is 0 Å². The van der Waals surface area contributed by atoms with E-state index in [0.29, 0.717) is 12.4 Å². The molecule has 2 aromatic rings. The van der Waals surface area contributed by atoms with Gasteiger partial charge >= 0.3 is 0 Å². The summed E-state index contributed by atoms with van der Waals surface area (Å²) in [5, 5.41) is 3.31. The molecule has 4 nitrogen and oxygen atoms in total. The minimum Gasteiger partial charge on any atom is -0.473 e. The van der Waals surface area contributed by atoms with E-state index in [1.54, 1.807) is 12.4 Å². The molecule has 0 radical (unpaired) electrons. The highest BCUT2D eigenvalue weighted by Crippen LogP contribution is 2.22. The lowest BCUT2D eigenvalue weighted by Gasteiger charge is -2.13. The second-order valence-corrected chi connectivity index (χ2v) is 4.24. The van der Waals surface area contributed by atoms with Crippen molar-refractivity contribution in [1.82, 2.24) is 9.97 Å². The third kappa shape index (κ3) is 3.45. The summed E-state index contributed by atoms with van der Waals surface area (Å²) in [5.74, 6) is 0.636. The molecule has 0 saturated carbocycles. The lowest BCUT2D eigenvalue weighted by Crippen LogP contribution is -2.10. The smallest absolute Gasteiger partial charge is 0.237 e. The van der Waals surface area contributed by atoms with Gasteiger partial charge in [-0.2, -0.15) is 0 Å². The maximum absolute atomic E-state index is 5.64. The molecule has 0 amide bonds. The topological polar surface area (TPSA) is 47.0 Å². The van der Waals surface area contributed by atoms with Crippen molar-refractivity contribution in [3.8, 4) is 5.88 Å². The normalized spacial score (nSPS) is 10.4. The molecule has 0 atom stereocenters. The summed E-state index contributed by atoms with van der Waals surface area (Å²) in [7, 11) is 0. The van der Waals surface area contributed by atoms with Crippen LogP contribution in [0.5, 0.6) is 5.88 Å². The molecule has 0 aliphatic rings. The molecule has 4 heteroatoms. The van der Waals surface area contributed by atoms with Crippen LogP contribution >= 0.6 is 0 Å². The fourth-order valence-electron chi connectivity index (χ4n) is 1.54. The molecule has 0 aromatic carbocycles. The zero-order valence-electron chi connectivity index (χ0n) is 10.6. The number of aromatic nitrogens is 2. The number of rotatable bonds is 5. The Bertz CT molecular complexity index is 485. The largest absolute Gasteiger partial charge is 0.473 e. The molecule has 0 bridgehead atoms. The Balaban J connectivity index is 2.05. The van der Waals surface area contributed by atoms with Gasteiger partial charge in [0.1, 0.15) is 0 Å². The number of nitrogens with one attached hydrogen (secondary N) is 1. The van der Waals surface area contributed by atoms with Crippen molar-refractivity contribution in [3.05, 3.63) is 48.4 Å². The molecule has 2 heterocycles. The SMILES string of the molecule is CC(C)Oc1ncccc1NCc1cccnc1. The van der Waals surface area contributed by atoms with Crippen LogP contribution in [0.25, 0.3) is 0 Å². The zero-order chi connectivity index (χ0) is 12.8. The molecule has 0 fully saturated rings. The van der Waals surface area contributed by atoms with Crippen molar-refractivity contribution in [2.45, 2.75) is 26.5 Å². The number of ether oxygens (including phenoxy) is 1. The first-order valence-corrected chi connectivity index (χ1v) is 6.00. The molecule has 2 rings (SSSR count). The van der Waals surface area contributed by atoms with Gasteiger partial charge in [0.15, 0.2) is 0 Å². The van der Waals surface area contributed by atoms with Crippen LogP contribution in [0.3, 0.4) is 0 Å². The molecule has 1 N–H and O–H groups in total. The van der Waals surface area contributed by atoms with Gasteiger partial charge in [-0.25, -0.2) is 4.98 Å². The summed E-state index contributed by atoms with van der Waals surface area (Å²) in [6, 6.07) is 7.80. The Morgan fingerprint density at radius 1 is 1.22 bits per heavy atom. The third-order valence-corrected chi connectivity index (χ3v) is 2.32. The summed E-state index contributed by atoms with van der Waals surface area (Å²) in [4.78, 5) is 8.31. The second kappa shape index (κ2) is 6.00. The maximum atomic E-state index is 5.64. The maximum Gasteiger partial charge on any atom is 0.237 e. The fraction of sp³-hybridized carbons (Fsp3) is 0.286. The number of hydrogen-bond acceptors (Lipinski definition) is 4. The van der Waals surface area contributed by atoms with E-state index < -0.39 is 0 Å². The Labute approximate surface area is 107 Å². The molecule has 0 spiro atoms. The lowest BCUT2D eigenvalue weighted by molar-refractivity contribution is 0.234. The van der Waals surface area contributed by atoms with E-state index in [-0.39, 0.29) is 6.10 Å². The van der Waals surface area contributed by atoms with Gasteiger partial charge in [0.05, 0.1) is 11.8 Å². The zero-order valence-corrected chi connectivity index (χ0v) is 10.6. The van der Waals surface area contributed by atoms with Crippen molar-refractivity contribution in [2.24, 2.45) is 0 Å². The van der Waals surface area contributed by atoms with E-state index >= 15 is 0 Å². The number of hydrogen-bond donors (Lipinski definition) is 1. The quantitative estimate of drug-likeness (QED) is 0.877. The van der Waals surface area contributed by atoms with Crippen molar-refractivity contribution in [1.29, 1.82) is 0 Å². The van der Waals surface area contributed by atoms with Crippen LogP contribution in [0.4, 0.5) is 5.69 Å². The summed E-state index contributed by atoms with van der Waals surface area (Å²) in [6.07, 6.45) is 5.44. The van der Waals surface area contributed by atoms with Crippen molar-refractivity contribution < 1.29 is 4.74 Å². The molecule has 18 heavy (non-hydrogen) atoms. The predicted molar refractivity (Wildman–Crippen MR) is 71.6 cm³/mol. The third-order valence-electron chi connectivity index (χ3n) is 2.32. The Kier molecular flexibility index (Phi) is 4.12. The molecule has 0 aliphatic carbocycles. The number of anilines is 1. The van der Waals surface area contributed by atoms with Crippen LogP contribution in [0.2, 0.25) is 0 Å². The first kappa shape index (κ1) is 12.4. The Hall–Kier alpha value is -2.10. The van der Waals surface area contributed by atoms with Gasteiger partial charge in [-0.1, -0.05) is 6.07 Å². The predicted octanol–water partition coefficient (Wildman–Crippen LogP) is 2.88. The lowest BCUT2D eigenvalue weighted by atomic mass is 10.3. The summed E-state index contributed by atoms with van der Waals surface area (Å²) in [5.41, 5.74) is 2.02. The highest BCUT2D eigenvalue weighted by molar-refractivity contribution is 5.52. The van der Waals surface area contributed by atoms with Gasteiger partial charge < -0.3 is 10.1 Å². The molecule has 0 saturated heterocycles. The van der Waals surface area contributed by atoms with Gasteiger partial charge in [0.2, 0.25) is 5.88 Å². The molecule has 2 aromatic heterocycles. The fourth-order valence-corrected chi connectivity index (χ4v) is 1.54. The Morgan fingerprint density at radius 2 is 2.06 bits per heavy atom. The van der Waals surface area contributed by atoms with E-state index in [1.165, 1.54) is 0 Å².